The van der Waals surface area contributed by atoms with Crippen LogP contribution in [0.5, 0.6) is 0 Å². The molecule has 3 nitrogen and oxygen atoms in total. The van der Waals surface area contributed by atoms with Crippen LogP contribution in [0.15, 0.2) is 0 Å². The Balaban J connectivity index is 3.72. The molecule has 0 saturated carbocycles. The van der Waals surface area contributed by atoms with Crippen molar-refractivity contribution < 1.29 is 14.6 Å². The first-order chi connectivity index (χ1) is 4.09. The van der Waals surface area contributed by atoms with Crippen LogP contribution in [-0.2, 0) is 9.53 Å². The minimum absolute atomic E-state index is 0.600. The number of rotatable bonds is 2. The molecule has 0 aliphatic carbocycles. The monoisotopic (exact) mass is 152 g/mol. The number of aliphatic hydroxyl groups excluding tert-OH is 1. The van der Waals surface area contributed by atoms with E-state index in [0.29, 0.717) is 0 Å². The molecule has 0 rings (SSSR count). The Morgan fingerprint density at radius 1 is 1.78 bits per heavy atom. The van der Waals surface area contributed by atoms with E-state index in [1.54, 1.807) is 0 Å². The van der Waals surface area contributed by atoms with Gasteiger partial charge in [0.15, 0.2) is 6.10 Å². The Hall–Kier alpha value is -0.280. The van der Waals surface area contributed by atoms with Crippen LogP contribution in [0.4, 0.5) is 0 Å². The third kappa shape index (κ3) is 2.67. The summed E-state index contributed by atoms with van der Waals surface area (Å²) in [4.78, 5) is 10.4. The quantitative estimate of drug-likeness (QED) is 0.453. The van der Waals surface area contributed by atoms with E-state index >= 15 is 0 Å². The second kappa shape index (κ2) is 3.69. The molecule has 0 unspecified atom stereocenters. The molecule has 9 heavy (non-hydrogen) atoms. The standard InChI is InChI=1S/C5H9ClO3/c1-3(6)4(7)5(8)9-2/h3-4,7H,1-2H3/t3-,4+/m1/s1. The molecule has 0 saturated heterocycles. The lowest BCUT2D eigenvalue weighted by Crippen LogP contribution is -2.29. The SMILES string of the molecule is COC(=O)[C@@H](O)[C@@H](C)Cl. The summed E-state index contributed by atoms with van der Waals surface area (Å²) in [7, 11) is 1.20. The van der Waals surface area contributed by atoms with Gasteiger partial charge in [0.1, 0.15) is 0 Å². The van der Waals surface area contributed by atoms with Crippen molar-refractivity contribution in [2.45, 2.75) is 18.4 Å². The number of alkyl halides is 1. The molecule has 0 aliphatic rings. The maximum absolute atomic E-state index is 10.4. The van der Waals surface area contributed by atoms with Crippen LogP contribution < -0.4 is 0 Å². The van der Waals surface area contributed by atoms with Crippen molar-refractivity contribution in [1.82, 2.24) is 0 Å². The molecule has 0 aromatic rings. The molecule has 54 valence electrons. The molecular weight excluding hydrogens is 144 g/mol. The zero-order valence-electron chi connectivity index (χ0n) is 5.30. The number of hydrogen-bond acceptors (Lipinski definition) is 3. The fraction of sp³-hybridized carbons (Fsp3) is 0.800. The number of hydrogen-bond donors (Lipinski definition) is 1. The summed E-state index contributed by atoms with van der Waals surface area (Å²) in [5, 5.41) is 8.19. The fourth-order valence-electron chi connectivity index (χ4n) is 0.308. The lowest BCUT2D eigenvalue weighted by Gasteiger charge is -2.08. The van der Waals surface area contributed by atoms with Gasteiger partial charge < -0.3 is 9.84 Å². The van der Waals surface area contributed by atoms with Gasteiger partial charge in [0, 0.05) is 0 Å². The van der Waals surface area contributed by atoms with Crippen LogP contribution in [0, 0.1) is 0 Å². The molecule has 1 N–H and O–H groups in total. The van der Waals surface area contributed by atoms with E-state index in [-0.39, 0.29) is 0 Å². The molecule has 0 amide bonds. The second-order valence-corrected chi connectivity index (χ2v) is 2.33. The molecule has 0 aromatic heterocycles. The van der Waals surface area contributed by atoms with E-state index in [1.165, 1.54) is 14.0 Å². The van der Waals surface area contributed by atoms with E-state index < -0.39 is 17.5 Å². The first-order valence-corrected chi connectivity index (χ1v) is 2.93. The number of aliphatic hydroxyl groups is 1. The van der Waals surface area contributed by atoms with Gasteiger partial charge in [-0.05, 0) is 6.92 Å². The molecule has 0 heterocycles. The van der Waals surface area contributed by atoms with Gasteiger partial charge in [-0.3, -0.25) is 0 Å². The van der Waals surface area contributed by atoms with Gasteiger partial charge >= 0.3 is 5.97 Å². The first kappa shape index (κ1) is 8.72. The molecular formula is C5H9ClO3. The highest BCUT2D eigenvalue weighted by Crippen LogP contribution is 2.01. The topological polar surface area (TPSA) is 46.5 Å². The average molecular weight is 153 g/mol. The minimum atomic E-state index is -1.21. The van der Waals surface area contributed by atoms with Crippen LogP contribution in [0.2, 0.25) is 0 Å². The summed E-state index contributed by atoms with van der Waals surface area (Å²) in [5.41, 5.74) is 0. The number of ether oxygens (including phenoxy) is 1. The second-order valence-electron chi connectivity index (χ2n) is 1.65. The van der Waals surface area contributed by atoms with E-state index in [1.807, 2.05) is 0 Å². The number of halogens is 1. The Morgan fingerprint density at radius 2 is 2.22 bits per heavy atom. The molecule has 0 fully saturated rings. The maximum atomic E-state index is 10.4. The van der Waals surface area contributed by atoms with Gasteiger partial charge in [-0.15, -0.1) is 11.6 Å². The Morgan fingerprint density at radius 3 is 2.33 bits per heavy atom. The predicted octanol–water partition coefficient (Wildman–Crippen LogP) is 0.148. The highest BCUT2D eigenvalue weighted by molar-refractivity contribution is 6.22. The lowest BCUT2D eigenvalue weighted by molar-refractivity contribution is -0.150. The van der Waals surface area contributed by atoms with Crippen LogP contribution in [-0.4, -0.2) is 29.7 Å². The van der Waals surface area contributed by atoms with Crippen molar-refractivity contribution in [3.05, 3.63) is 0 Å². The highest BCUT2D eigenvalue weighted by atomic mass is 35.5. The summed E-state index contributed by atoms with van der Waals surface area (Å²) in [5.74, 6) is -0.697. The van der Waals surface area contributed by atoms with Crippen molar-refractivity contribution >= 4 is 17.6 Å². The zero-order valence-corrected chi connectivity index (χ0v) is 6.05. The molecule has 0 spiro atoms. The molecule has 4 heteroatoms. The van der Waals surface area contributed by atoms with E-state index in [9.17, 15) is 4.79 Å². The Bertz CT molecular complexity index is 102. The zero-order chi connectivity index (χ0) is 7.44. The third-order valence-electron chi connectivity index (χ3n) is 0.878. The van der Waals surface area contributed by atoms with Crippen molar-refractivity contribution in [2.75, 3.05) is 7.11 Å². The maximum Gasteiger partial charge on any atom is 0.336 e. The Labute approximate surface area is 58.6 Å². The smallest absolute Gasteiger partial charge is 0.336 e. The van der Waals surface area contributed by atoms with Gasteiger partial charge in [0.25, 0.3) is 0 Å². The molecule has 0 bridgehead atoms. The van der Waals surface area contributed by atoms with Crippen molar-refractivity contribution in [3.8, 4) is 0 Å². The lowest BCUT2D eigenvalue weighted by atomic mass is 10.3. The molecule has 2 atom stereocenters. The number of esters is 1. The predicted molar refractivity (Wildman–Crippen MR) is 33.3 cm³/mol. The molecule has 0 radical (unpaired) electrons. The van der Waals surface area contributed by atoms with Crippen LogP contribution in [0.1, 0.15) is 6.92 Å². The summed E-state index contributed by atoms with van der Waals surface area (Å²) < 4.78 is 4.20. The van der Waals surface area contributed by atoms with Gasteiger partial charge in [0.2, 0.25) is 0 Å². The van der Waals surface area contributed by atoms with Gasteiger partial charge in [-0.1, -0.05) is 0 Å². The van der Waals surface area contributed by atoms with Crippen molar-refractivity contribution in [3.63, 3.8) is 0 Å². The Kier molecular flexibility index (Phi) is 3.58. The van der Waals surface area contributed by atoms with Gasteiger partial charge in [0.05, 0.1) is 12.5 Å². The summed E-state index contributed by atoms with van der Waals surface area (Å²) in [6, 6.07) is 0. The largest absolute Gasteiger partial charge is 0.467 e. The third-order valence-corrected chi connectivity index (χ3v) is 1.12. The van der Waals surface area contributed by atoms with Crippen molar-refractivity contribution in [1.29, 1.82) is 0 Å². The number of carbonyl (C=O) groups is 1. The molecule has 0 aliphatic heterocycles. The number of methoxy groups -OCH3 is 1. The number of carbonyl (C=O) groups excluding carboxylic acids is 1. The first-order valence-electron chi connectivity index (χ1n) is 2.49. The summed E-state index contributed by atoms with van der Waals surface area (Å²) in [6.45, 7) is 1.52. The van der Waals surface area contributed by atoms with Gasteiger partial charge in [-0.25, -0.2) is 4.79 Å². The molecule has 0 aromatic carbocycles. The van der Waals surface area contributed by atoms with E-state index in [0.717, 1.165) is 0 Å². The van der Waals surface area contributed by atoms with E-state index in [2.05, 4.69) is 4.74 Å². The highest BCUT2D eigenvalue weighted by Gasteiger charge is 2.20. The average Bonchev–Trinajstić information content (AvgIpc) is 1.84. The minimum Gasteiger partial charge on any atom is -0.467 e. The van der Waals surface area contributed by atoms with Crippen molar-refractivity contribution in [2.24, 2.45) is 0 Å². The van der Waals surface area contributed by atoms with Crippen LogP contribution in [0.25, 0.3) is 0 Å². The van der Waals surface area contributed by atoms with E-state index in [4.69, 9.17) is 16.7 Å². The van der Waals surface area contributed by atoms with Crippen LogP contribution in [0.3, 0.4) is 0 Å². The normalized spacial score (nSPS) is 16.4. The summed E-state index contributed by atoms with van der Waals surface area (Å²) in [6.07, 6.45) is -1.21. The van der Waals surface area contributed by atoms with Gasteiger partial charge in [-0.2, -0.15) is 0 Å². The summed E-state index contributed by atoms with van der Waals surface area (Å²) >= 11 is 5.35. The fourth-order valence-corrected chi connectivity index (χ4v) is 0.411. The van der Waals surface area contributed by atoms with Crippen LogP contribution >= 0.6 is 11.6 Å².